The first kappa shape index (κ1) is 11.9. The normalized spacial score (nSPS) is 41.7. The van der Waals surface area contributed by atoms with Gasteiger partial charge in [0.1, 0.15) is 0 Å². The average molecular weight is 226 g/mol. The Kier molecular flexibility index (Phi) is 2.99. The summed E-state index contributed by atoms with van der Waals surface area (Å²) in [6.07, 6.45) is 2.12. The Morgan fingerprint density at radius 1 is 1.56 bits per heavy atom. The third-order valence-electron chi connectivity index (χ3n) is 3.78. The Hall–Kier alpha value is -0.570. The van der Waals surface area contributed by atoms with E-state index in [2.05, 4.69) is 27.7 Å². The SMILES string of the molecule is CC(C)COC(=O)C1CC2OC2(C)CC1C. The standard InChI is InChI=1S/C13H22O3/c1-8(2)7-15-12(14)10-5-11-13(4,16-11)6-9(10)3/h8-11H,5-7H2,1-4H3. The van der Waals surface area contributed by atoms with Crippen molar-refractivity contribution in [1.82, 2.24) is 0 Å². The van der Waals surface area contributed by atoms with Crippen molar-refractivity contribution in [2.24, 2.45) is 17.8 Å². The van der Waals surface area contributed by atoms with Crippen LogP contribution in [0.1, 0.15) is 40.5 Å². The van der Waals surface area contributed by atoms with Crippen molar-refractivity contribution in [2.45, 2.75) is 52.2 Å². The van der Waals surface area contributed by atoms with E-state index in [1.54, 1.807) is 0 Å². The number of hydrogen-bond acceptors (Lipinski definition) is 3. The second kappa shape index (κ2) is 4.02. The molecule has 0 N–H and O–H groups in total. The van der Waals surface area contributed by atoms with Crippen molar-refractivity contribution in [3.8, 4) is 0 Å². The minimum atomic E-state index is -0.0289. The highest BCUT2D eigenvalue weighted by atomic mass is 16.6. The quantitative estimate of drug-likeness (QED) is 0.548. The minimum Gasteiger partial charge on any atom is -0.465 e. The van der Waals surface area contributed by atoms with Crippen LogP contribution in [0, 0.1) is 17.8 Å². The predicted octanol–water partition coefficient (Wildman–Crippen LogP) is 2.39. The zero-order valence-corrected chi connectivity index (χ0v) is 10.7. The highest BCUT2D eigenvalue weighted by molar-refractivity contribution is 5.73. The average Bonchev–Trinajstić information content (AvgIpc) is 2.83. The van der Waals surface area contributed by atoms with Crippen LogP contribution in [0.15, 0.2) is 0 Å². The smallest absolute Gasteiger partial charge is 0.309 e. The molecule has 4 unspecified atom stereocenters. The van der Waals surface area contributed by atoms with E-state index in [9.17, 15) is 4.79 Å². The van der Waals surface area contributed by atoms with Gasteiger partial charge in [0.15, 0.2) is 0 Å². The molecule has 92 valence electrons. The molecule has 1 saturated carbocycles. The molecule has 2 rings (SSSR count). The fraction of sp³-hybridized carbons (Fsp3) is 0.923. The van der Waals surface area contributed by atoms with Crippen LogP contribution in [-0.4, -0.2) is 24.3 Å². The lowest BCUT2D eigenvalue weighted by Crippen LogP contribution is -2.34. The van der Waals surface area contributed by atoms with Crippen LogP contribution in [0.25, 0.3) is 0 Å². The van der Waals surface area contributed by atoms with E-state index in [4.69, 9.17) is 9.47 Å². The van der Waals surface area contributed by atoms with Crippen molar-refractivity contribution in [1.29, 1.82) is 0 Å². The van der Waals surface area contributed by atoms with E-state index in [0.717, 1.165) is 12.8 Å². The Morgan fingerprint density at radius 3 is 2.88 bits per heavy atom. The first-order valence-corrected chi connectivity index (χ1v) is 6.27. The fourth-order valence-electron chi connectivity index (χ4n) is 2.70. The number of carbonyl (C=O) groups is 1. The van der Waals surface area contributed by atoms with Crippen molar-refractivity contribution in [2.75, 3.05) is 6.61 Å². The molecule has 0 amide bonds. The molecule has 2 fully saturated rings. The van der Waals surface area contributed by atoms with E-state index in [-0.39, 0.29) is 17.5 Å². The molecule has 3 heteroatoms. The van der Waals surface area contributed by atoms with Gasteiger partial charge in [-0.3, -0.25) is 4.79 Å². The molecule has 0 aromatic heterocycles. The van der Waals surface area contributed by atoms with Crippen LogP contribution in [0.5, 0.6) is 0 Å². The predicted molar refractivity (Wildman–Crippen MR) is 61.0 cm³/mol. The van der Waals surface area contributed by atoms with Gasteiger partial charge in [-0.15, -0.1) is 0 Å². The summed E-state index contributed by atoms with van der Waals surface area (Å²) in [6.45, 7) is 8.91. The van der Waals surface area contributed by atoms with E-state index >= 15 is 0 Å². The molecular formula is C13H22O3. The van der Waals surface area contributed by atoms with E-state index < -0.39 is 0 Å². The van der Waals surface area contributed by atoms with Gasteiger partial charge < -0.3 is 9.47 Å². The zero-order chi connectivity index (χ0) is 11.9. The summed E-state index contributed by atoms with van der Waals surface area (Å²) in [4.78, 5) is 11.9. The van der Waals surface area contributed by atoms with Crippen molar-refractivity contribution in [3.05, 3.63) is 0 Å². The third kappa shape index (κ3) is 2.24. The molecule has 2 aliphatic rings. The van der Waals surface area contributed by atoms with Gasteiger partial charge in [-0.2, -0.15) is 0 Å². The summed E-state index contributed by atoms with van der Waals surface area (Å²) in [5.74, 6) is 0.798. The van der Waals surface area contributed by atoms with Gasteiger partial charge in [0, 0.05) is 0 Å². The largest absolute Gasteiger partial charge is 0.465 e. The van der Waals surface area contributed by atoms with Gasteiger partial charge in [-0.1, -0.05) is 20.8 Å². The van der Waals surface area contributed by atoms with Crippen LogP contribution in [-0.2, 0) is 14.3 Å². The maximum atomic E-state index is 11.9. The third-order valence-corrected chi connectivity index (χ3v) is 3.78. The van der Waals surface area contributed by atoms with Gasteiger partial charge in [0.25, 0.3) is 0 Å². The number of hydrogen-bond donors (Lipinski definition) is 0. The molecule has 1 heterocycles. The Labute approximate surface area is 97.5 Å². The molecule has 0 aromatic rings. The molecule has 3 nitrogen and oxygen atoms in total. The number of fused-ring (bicyclic) bond motifs is 1. The van der Waals surface area contributed by atoms with Crippen LogP contribution in [0.3, 0.4) is 0 Å². The van der Waals surface area contributed by atoms with Crippen molar-refractivity contribution >= 4 is 5.97 Å². The number of rotatable bonds is 3. The van der Waals surface area contributed by atoms with Crippen LogP contribution < -0.4 is 0 Å². The molecule has 0 spiro atoms. The van der Waals surface area contributed by atoms with E-state index in [1.165, 1.54) is 0 Å². The second-order valence-electron chi connectivity index (χ2n) is 5.97. The van der Waals surface area contributed by atoms with Crippen LogP contribution in [0.2, 0.25) is 0 Å². The molecule has 16 heavy (non-hydrogen) atoms. The molecule has 0 bridgehead atoms. The van der Waals surface area contributed by atoms with Gasteiger partial charge in [0.2, 0.25) is 0 Å². The van der Waals surface area contributed by atoms with Crippen LogP contribution in [0.4, 0.5) is 0 Å². The van der Waals surface area contributed by atoms with Gasteiger partial charge in [-0.05, 0) is 31.6 Å². The lowest BCUT2D eigenvalue weighted by Gasteiger charge is -2.27. The molecule has 0 aromatic carbocycles. The lowest BCUT2D eigenvalue weighted by atomic mass is 9.75. The summed E-state index contributed by atoms with van der Waals surface area (Å²) in [6, 6.07) is 0. The second-order valence-corrected chi connectivity index (χ2v) is 5.97. The summed E-state index contributed by atoms with van der Waals surface area (Å²) < 4.78 is 11.0. The topological polar surface area (TPSA) is 38.8 Å². The summed E-state index contributed by atoms with van der Waals surface area (Å²) in [7, 11) is 0. The van der Waals surface area contributed by atoms with E-state index in [0.29, 0.717) is 24.5 Å². The highest BCUT2D eigenvalue weighted by Crippen LogP contribution is 2.51. The zero-order valence-electron chi connectivity index (χ0n) is 10.7. The molecular weight excluding hydrogens is 204 g/mol. The monoisotopic (exact) mass is 226 g/mol. The van der Waals surface area contributed by atoms with Crippen molar-refractivity contribution < 1.29 is 14.3 Å². The van der Waals surface area contributed by atoms with E-state index in [1.807, 2.05) is 0 Å². The summed E-state index contributed by atoms with van der Waals surface area (Å²) >= 11 is 0. The maximum absolute atomic E-state index is 11.9. The highest BCUT2D eigenvalue weighted by Gasteiger charge is 2.58. The fourth-order valence-corrected chi connectivity index (χ4v) is 2.70. The number of carbonyl (C=O) groups excluding carboxylic acids is 1. The maximum Gasteiger partial charge on any atom is 0.309 e. The molecule has 1 aliphatic carbocycles. The Balaban J connectivity index is 1.87. The van der Waals surface area contributed by atoms with Gasteiger partial charge in [-0.25, -0.2) is 0 Å². The first-order valence-electron chi connectivity index (χ1n) is 6.27. The van der Waals surface area contributed by atoms with Gasteiger partial charge in [0.05, 0.1) is 24.2 Å². The molecule has 1 saturated heterocycles. The van der Waals surface area contributed by atoms with Gasteiger partial charge >= 0.3 is 5.97 Å². The van der Waals surface area contributed by atoms with Crippen molar-refractivity contribution in [3.63, 3.8) is 0 Å². The Morgan fingerprint density at radius 2 is 2.25 bits per heavy atom. The molecule has 1 aliphatic heterocycles. The molecule has 4 atom stereocenters. The number of esters is 1. The summed E-state index contributed by atoms with van der Waals surface area (Å²) in [5, 5.41) is 0. The number of epoxide rings is 1. The minimum absolute atomic E-state index is 0.0289. The number of ether oxygens (including phenoxy) is 2. The molecule has 0 radical (unpaired) electrons. The first-order chi connectivity index (χ1) is 7.42. The van der Waals surface area contributed by atoms with Crippen LogP contribution >= 0.6 is 0 Å². The Bertz CT molecular complexity index is 287. The summed E-state index contributed by atoms with van der Waals surface area (Å²) in [5.41, 5.74) is 0.0637. The lowest BCUT2D eigenvalue weighted by molar-refractivity contribution is -0.152.